The fourth-order valence-electron chi connectivity index (χ4n) is 2.26. The highest BCUT2D eigenvalue weighted by atomic mass is 35.5. The molecule has 3 aromatic rings. The van der Waals surface area contributed by atoms with Gasteiger partial charge < -0.3 is 19.2 Å². The molecule has 7 nitrogen and oxygen atoms in total. The van der Waals surface area contributed by atoms with Crippen LogP contribution in [-0.2, 0) is 11.4 Å². The SMILES string of the molecule is COc1ccc(C)cc1NC(=O)CSc1nnc(COc2ccc(Cl)cc2)o1. The highest BCUT2D eigenvalue weighted by Gasteiger charge is 2.12. The summed E-state index contributed by atoms with van der Waals surface area (Å²) in [6, 6.07) is 12.5. The number of thioether (sulfide) groups is 1. The molecule has 0 fully saturated rings. The minimum Gasteiger partial charge on any atom is -0.495 e. The molecule has 0 aliphatic carbocycles. The molecular weight excluding hydrogens is 402 g/mol. The van der Waals surface area contributed by atoms with E-state index in [9.17, 15) is 4.79 Å². The summed E-state index contributed by atoms with van der Waals surface area (Å²) in [4.78, 5) is 12.2. The molecule has 0 atom stereocenters. The van der Waals surface area contributed by atoms with Crippen LogP contribution in [0.4, 0.5) is 5.69 Å². The van der Waals surface area contributed by atoms with Gasteiger partial charge in [-0.15, -0.1) is 10.2 Å². The lowest BCUT2D eigenvalue weighted by Crippen LogP contribution is -2.14. The van der Waals surface area contributed by atoms with Crippen LogP contribution in [0.25, 0.3) is 0 Å². The number of anilines is 1. The predicted octanol–water partition coefficient (Wildman–Crippen LogP) is 4.35. The molecule has 0 aliphatic rings. The Bertz CT molecular complexity index is 947. The summed E-state index contributed by atoms with van der Waals surface area (Å²) < 4.78 is 16.3. The van der Waals surface area contributed by atoms with Crippen LogP contribution in [0.15, 0.2) is 52.1 Å². The Morgan fingerprint density at radius 1 is 1.21 bits per heavy atom. The van der Waals surface area contributed by atoms with E-state index in [1.165, 1.54) is 0 Å². The van der Waals surface area contributed by atoms with Gasteiger partial charge in [0.05, 0.1) is 18.6 Å². The summed E-state index contributed by atoms with van der Waals surface area (Å²) in [6.07, 6.45) is 0. The van der Waals surface area contributed by atoms with Crippen LogP contribution < -0.4 is 14.8 Å². The van der Waals surface area contributed by atoms with Gasteiger partial charge in [-0.05, 0) is 48.9 Å². The minimum absolute atomic E-state index is 0.122. The lowest BCUT2D eigenvalue weighted by Gasteiger charge is -2.10. The topological polar surface area (TPSA) is 86.5 Å². The molecule has 9 heteroatoms. The first-order valence-corrected chi connectivity index (χ1v) is 9.68. The lowest BCUT2D eigenvalue weighted by molar-refractivity contribution is -0.113. The highest BCUT2D eigenvalue weighted by Crippen LogP contribution is 2.26. The van der Waals surface area contributed by atoms with Crippen LogP contribution in [0.5, 0.6) is 11.5 Å². The van der Waals surface area contributed by atoms with Crippen molar-refractivity contribution in [2.45, 2.75) is 18.8 Å². The van der Waals surface area contributed by atoms with Crippen molar-refractivity contribution < 1.29 is 18.7 Å². The van der Waals surface area contributed by atoms with Gasteiger partial charge in [0, 0.05) is 5.02 Å². The minimum atomic E-state index is -0.203. The molecule has 1 N–H and O–H groups in total. The molecule has 0 radical (unpaired) electrons. The van der Waals surface area contributed by atoms with E-state index < -0.39 is 0 Å². The van der Waals surface area contributed by atoms with E-state index in [1.807, 2.05) is 25.1 Å². The number of hydrogen-bond acceptors (Lipinski definition) is 7. The molecule has 0 unspecified atom stereocenters. The third-order valence-corrected chi connectivity index (χ3v) is 4.65. The second-order valence-corrected chi connectivity index (χ2v) is 7.11. The van der Waals surface area contributed by atoms with Crippen molar-refractivity contribution in [2.75, 3.05) is 18.2 Å². The second kappa shape index (κ2) is 9.48. The third-order valence-electron chi connectivity index (χ3n) is 3.58. The molecule has 0 saturated carbocycles. The molecule has 0 saturated heterocycles. The van der Waals surface area contributed by atoms with E-state index in [1.54, 1.807) is 31.4 Å². The van der Waals surface area contributed by atoms with Crippen LogP contribution >= 0.6 is 23.4 Å². The van der Waals surface area contributed by atoms with Gasteiger partial charge in [-0.2, -0.15) is 0 Å². The number of rotatable bonds is 8. The van der Waals surface area contributed by atoms with Crippen LogP contribution in [0.2, 0.25) is 5.02 Å². The Labute approximate surface area is 171 Å². The molecule has 1 heterocycles. The smallest absolute Gasteiger partial charge is 0.277 e. The summed E-state index contributed by atoms with van der Waals surface area (Å²) in [5.74, 6) is 1.48. The van der Waals surface area contributed by atoms with Gasteiger partial charge in [0.25, 0.3) is 11.1 Å². The van der Waals surface area contributed by atoms with Gasteiger partial charge in [-0.3, -0.25) is 4.79 Å². The summed E-state index contributed by atoms with van der Waals surface area (Å²) in [5.41, 5.74) is 1.64. The number of amides is 1. The van der Waals surface area contributed by atoms with Crippen LogP contribution in [0.3, 0.4) is 0 Å². The monoisotopic (exact) mass is 419 g/mol. The number of aromatic nitrogens is 2. The Kier molecular flexibility index (Phi) is 6.78. The van der Waals surface area contributed by atoms with Crippen molar-refractivity contribution in [2.24, 2.45) is 0 Å². The molecular formula is C19H18ClN3O4S. The van der Waals surface area contributed by atoms with Gasteiger partial charge in [-0.25, -0.2) is 0 Å². The number of nitrogens with one attached hydrogen (secondary N) is 1. The zero-order valence-corrected chi connectivity index (χ0v) is 16.8. The summed E-state index contributed by atoms with van der Waals surface area (Å²) in [7, 11) is 1.56. The molecule has 1 amide bonds. The zero-order valence-electron chi connectivity index (χ0n) is 15.3. The van der Waals surface area contributed by atoms with E-state index in [0.717, 1.165) is 17.3 Å². The first kappa shape index (κ1) is 20.0. The average Bonchev–Trinajstić information content (AvgIpc) is 3.14. The first-order valence-electron chi connectivity index (χ1n) is 8.31. The van der Waals surface area contributed by atoms with Gasteiger partial charge in [0.15, 0.2) is 6.61 Å². The van der Waals surface area contributed by atoms with Crippen LogP contribution in [-0.4, -0.2) is 29.0 Å². The lowest BCUT2D eigenvalue weighted by atomic mass is 10.2. The van der Waals surface area contributed by atoms with Gasteiger partial charge >= 0.3 is 0 Å². The van der Waals surface area contributed by atoms with E-state index in [-0.39, 0.29) is 18.3 Å². The summed E-state index contributed by atoms with van der Waals surface area (Å²) >= 11 is 6.97. The molecule has 0 spiro atoms. The van der Waals surface area contributed by atoms with Crippen LogP contribution in [0, 0.1) is 6.92 Å². The number of nitrogens with zero attached hydrogens (tertiary/aromatic N) is 2. The number of aryl methyl sites for hydroxylation is 1. The van der Waals surface area contributed by atoms with Crippen molar-refractivity contribution in [3.8, 4) is 11.5 Å². The molecule has 146 valence electrons. The number of hydrogen-bond donors (Lipinski definition) is 1. The fourth-order valence-corrected chi connectivity index (χ4v) is 2.97. The van der Waals surface area contributed by atoms with Crippen molar-refractivity contribution in [3.05, 3.63) is 58.9 Å². The predicted molar refractivity (Wildman–Crippen MR) is 107 cm³/mol. The normalized spacial score (nSPS) is 10.5. The number of halogens is 1. The number of carbonyl (C=O) groups is 1. The quantitative estimate of drug-likeness (QED) is 0.543. The van der Waals surface area contributed by atoms with Gasteiger partial charge in [0.1, 0.15) is 11.5 Å². The Balaban J connectivity index is 1.49. The molecule has 3 rings (SSSR count). The zero-order chi connectivity index (χ0) is 19.9. The van der Waals surface area contributed by atoms with E-state index in [2.05, 4.69) is 15.5 Å². The maximum Gasteiger partial charge on any atom is 0.277 e. The highest BCUT2D eigenvalue weighted by molar-refractivity contribution is 7.99. The molecule has 0 aliphatic heterocycles. The van der Waals surface area contributed by atoms with Crippen molar-refractivity contribution in [1.82, 2.24) is 10.2 Å². The van der Waals surface area contributed by atoms with Gasteiger partial charge in [0.2, 0.25) is 5.91 Å². The van der Waals surface area contributed by atoms with E-state index >= 15 is 0 Å². The van der Waals surface area contributed by atoms with Crippen molar-refractivity contribution >= 4 is 35.0 Å². The Morgan fingerprint density at radius 2 is 2.00 bits per heavy atom. The van der Waals surface area contributed by atoms with Crippen molar-refractivity contribution in [3.63, 3.8) is 0 Å². The average molecular weight is 420 g/mol. The third kappa shape index (κ3) is 5.64. The van der Waals surface area contributed by atoms with E-state index in [4.69, 9.17) is 25.5 Å². The second-order valence-electron chi connectivity index (χ2n) is 5.74. The maximum absolute atomic E-state index is 12.2. The molecule has 2 aromatic carbocycles. The van der Waals surface area contributed by atoms with Crippen molar-refractivity contribution in [1.29, 1.82) is 0 Å². The van der Waals surface area contributed by atoms with Crippen LogP contribution in [0.1, 0.15) is 11.5 Å². The Morgan fingerprint density at radius 3 is 2.75 bits per heavy atom. The van der Waals surface area contributed by atoms with E-state index in [0.29, 0.717) is 33.3 Å². The summed E-state index contributed by atoms with van der Waals surface area (Å²) in [6.45, 7) is 2.07. The number of methoxy groups -OCH3 is 1. The molecule has 28 heavy (non-hydrogen) atoms. The largest absolute Gasteiger partial charge is 0.495 e. The number of ether oxygens (including phenoxy) is 2. The number of carbonyl (C=O) groups excluding carboxylic acids is 1. The molecule has 1 aromatic heterocycles. The maximum atomic E-state index is 12.2. The summed E-state index contributed by atoms with van der Waals surface area (Å²) in [5, 5.41) is 11.6. The number of benzene rings is 2. The van der Waals surface area contributed by atoms with Gasteiger partial charge in [-0.1, -0.05) is 29.4 Å². The Hall–Kier alpha value is -2.71. The molecule has 0 bridgehead atoms. The standard InChI is InChI=1S/C19H18ClN3O4S/c1-12-3-8-16(25-2)15(9-12)21-17(24)11-28-19-23-22-18(27-19)10-26-14-6-4-13(20)5-7-14/h3-9H,10-11H2,1-2H3,(H,21,24). The fraction of sp³-hybridized carbons (Fsp3) is 0.211. The first-order chi connectivity index (χ1) is 13.5.